The number of nitrogens with one attached hydrogen (secondary N) is 1. The number of phenolic OH excluding ortho intramolecular Hbond substituents is 1. The van der Waals surface area contributed by atoms with E-state index in [-0.39, 0.29) is 36.1 Å². The van der Waals surface area contributed by atoms with Gasteiger partial charge in [-0.05, 0) is 96.9 Å². The summed E-state index contributed by atoms with van der Waals surface area (Å²) in [5, 5.41) is 13.4. The Balaban J connectivity index is 1.05. The van der Waals surface area contributed by atoms with Gasteiger partial charge in [0, 0.05) is 83.1 Å². The fourth-order valence-corrected chi connectivity index (χ4v) is 8.44. The third-order valence-electron chi connectivity index (χ3n) is 11.1. The molecule has 3 saturated heterocycles. The molecule has 13 nitrogen and oxygen atoms in total. The molecule has 4 aliphatic heterocycles. The number of alkyl halides is 1. The van der Waals surface area contributed by atoms with Crippen LogP contribution in [-0.4, -0.2) is 142 Å². The Bertz CT molecular complexity index is 1580. The summed E-state index contributed by atoms with van der Waals surface area (Å²) in [6.45, 7) is 9.63. The Labute approximate surface area is 319 Å². The molecular formula is C38H51IN6O7. The molecular weight excluding hydrogens is 779 g/mol. The molecule has 0 aliphatic carbocycles. The van der Waals surface area contributed by atoms with Crippen molar-refractivity contribution in [3.63, 3.8) is 0 Å². The molecule has 0 bridgehead atoms. The van der Waals surface area contributed by atoms with Gasteiger partial charge in [0.1, 0.15) is 10.4 Å². The summed E-state index contributed by atoms with van der Waals surface area (Å²) in [5.74, 6) is -0.183. The highest BCUT2D eigenvalue weighted by Gasteiger charge is 2.36. The number of hydrogen-bond donors (Lipinski definition) is 2. The number of likely N-dealkylation sites (tertiary alicyclic amines) is 2. The van der Waals surface area contributed by atoms with E-state index in [1.165, 1.54) is 0 Å². The number of phenols is 1. The minimum Gasteiger partial charge on any atom is -0.507 e. The first-order valence-corrected chi connectivity index (χ1v) is 20.0. The standard InChI is InChI=1S/C38H51IN6O7/c1-26-21-28(22-27(2)35(26)47)23-33(36(48)43-19-17-42(18-20-43)30-8-12-41(13-9-30)24-34(46)51-25-39)52-38(50)44-14-10-31(11-15-44)45-16-7-29-5-3-4-6-32(29)40-37(45)49/h3-6,21-22,30-31,33,47H,7-20,23-25H2,1-2H3,(H,40,49)/t33-/m1/s1. The van der Waals surface area contributed by atoms with Crippen LogP contribution in [0.5, 0.6) is 5.75 Å². The molecule has 0 unspecified atom stereocenters. The predicted octanol–water partition coefficient (Wildman–Crippen LogP) is 4.16. The van der Waals surface area contributed by atoms with Gasteiger partial charge in [-0.2, -0.15) is 0 Å². The number of aryl methyl sites for hydroxylation is 2. The number of rotatable bonds is 9. The Morgan fingerprint density at radius 3 is 2.21 bits per heavy atom. The summed E-state index contributed by atoms with van der Waals surface area (Å²) < 4.78 is 11.5. The lowest BCUT2D eigenvalue weighted by Gasteiger charge is -2.43. The van der Waals surface area contributed by atoms with E-state index in [4.69, 9.17) is 9.47 Å². The third kappa shape index (κ3) is 9.29. The topological polar surface area (TPSA) is 135 Å². The molecule has 1 atom stereocenters. The number of urea groups is 1. The molecule has 14 heteroatoms. The number of ether oxygens (including phenoxy) is 2. The first-order valence-electron chi connectivity index (χ1n) is 18.5. The highest BCUT2D eigenvalue weighted by atomic mass is 127. The minimum atomic E-state index is -1.01. The van der Waals surface area contributed by atoms with Crippen molar-refractivity contribution in [1.29, 1.82) is 0 Å². The third-order valence-corrected chi connectivity index (χ3v) is 11.4. The van der Waals surface area contributed by atoms with Crippen molar-refractivity contribution < 1.29 is 33.8 Å². The zero-order valence-corrected chi connectivity index (χ0v) is 32.4. The molecule has 2 N–H and O–H groups in total. The zero-order chi connectivity index (χ0) is 36.8. The average molecular weight is 831 g/mol. The zero-order valence-electron chi connectivity index (χ0n) is 30.2. The number of piperidine rings is 2. The number of benzene rings is 2. The largest absolute Gasteiger partial charge is 0.507 e. The van der Waals surface area contributed by atoms with Crippen LogP contribution in [0.3, 0.4) is 0 Å². The lowest BCUT2D eigenvalue weighted by molar-refractivity contribution is -0.143. The number of aromatic hydroxyl groups is 1. The molecule has 3 fully saturated rings. The summed E-state index contributed by atoms with van der Waals surface area (Å²) >= 11 is 2.03. The quantitative estimate of drug-likeness (QED) is 0.217. The first kappa shape index (κ1) is 38.1. The number of esters is 1. The molecule has 0 aromatic heterocycles. The maximum Gasteiger partial charge on any atom is 0.410 e. The van der Waals surface area contributed by atoms with Crippen molar-refractivity contribution in [2.75, 3.05) is 75.4 Å². The van der Waals surface area contributed by atoms with Crippen LogP contribution in [0.15, 0.2) is 36.4 Å². The number of nitrogens with zero attached hydrogens (tertiary/aromatic N) is 5. The second kappa shape index (κ2) is 17.5. The van der Waals surface area contributed by atoms with Gasteiger partial charge >= 0.3 is 18.1 Å². The number of piperazine rings is 1. The Hall–Kier alpha value is -3.63. The van der Waals surface area contributed by atoms with Crippen LogP contribution in [-0.2, 0) is 31.9 Å². The summed E-state index contributed by atoms with van der Waals surface area (Å²) in [4.78, 5) is 62.8. The number of para-hydroxylation sites is 1. The minimum absolute atomic E-state index is 0.000423. The smallest absolute Gasteiger partial charge is 0.410 e. The Morgan fingerprint density at radius 1 is 0.885 bits per heavy atom. The highest BCUT2D eigenvalue weighted by molar-refractivity contribution is 14.1. The molecule has 52 heavy (non-hydrogen) atoms. The van der Waals surface area contributed by atoms with E-state index >= 15 is 0 Å². The Kier molecular flexibility index (Phi) is 12.8. The second-order valence-electron chi connectivity index (χ2n) is 14.4. The van der Waals surface area contributed by atoms with E-state index in [2.05, 4.69) is 15.1 Å². The number of amides is 4. The van der Waals surface area contributed by atoms with Crippen molar-refractivity contribution >= 4 is 52.3 Å². The number of carbonyl (C=O) groups is 4. The van der Waals surface area contributed by atoms with Gasteiger partial charge in [0.2, 0.25) is 0 Å². The average Bonchev–Trinajstić information content (AvgIpc) is 3.31. The number of carbonyl (C=O) groups excluding carboxylic acids is 4. The number of fused-ring (bicyclic) bond motifs is 1. The molecule has 2 aromatic carbocycles. The van der Waals surface area contributed by atoms with E-state index in [0.29, 0.717) is 73.9 Å². The van der Waals surface area contributed by atoms with Crippen molar-refractivity contribution in [1.82, 2.24) is 24.5 Å². The molecule has 4 heterocycles. The van der Waals surface area contributed by atoms with Crippen molar-refractivity contribution in [2.45, 2.75) is 70.6 Å². The van der Waals surface area contributed by atoms with Crippen LogP contribution < -0.4 is 5.32 Å². The van der Waals surface area contributed by atoms with E-state index < -0.39 is 12.2 Å². The maximum absolute atomic E-state index is 14.1. The molecule has 282 valence electrons. The number of hydrogen-bond acceptors (Lipinski definition) is 9. The van der Waals surface area contributed by atoms with E-state index in [1.807, 2.05) is 82.6 Å². The highest BCUT2D eigenvalue weighted by Crippen LogP contribution is 2.27. The lowest BCUT2D eigenvalue weighted by Crippen LogP contribution is -2.57. The van der Waals surface area contributed by atoms with E-state index in [0.717, 1.165) is 62.3 Å². The van der Waals surface area contributed by atoms with Crippen molar-refractivity contribution in [2.24, 2.45) is 0 Å². The molecule has 6 rings (SSSR count). The summed E-state index contributed by atoms with van der Waals surface area (Å²) in [7, 11) is 0. The molecule has 2 aromatic rings. The van der Waals surface area contributed by atoms with Crippen LogP contribution in [0.2, 0.25) is 0 Å². The van der Waals surface area contributed by atoms with Crippen LogP contribution in [0, 0.1) is 13.8 Å². The SMILES string of the molecule is Cc1cc(C[C@@H](OC(=O)N2CCC(N3CCc4ccccc4NC3=O)CC2)C(=O)N2CCN(C3CCN(CC(=O)OCI)CC3)CC2)cc(C)c1O. The Morgan fingerprint density at radius 2 is 1.54 bits per heavy atom. The summed E-state index contributed by atoms with van der Waals surface area (Å²) in [5.41, 5.74) is 4.19. The molecule has 0 saturated carbocycles. The summed E-state index contributed by atoms with van der Waals surface area (Å²) in [6.07, 6.45) is 2.59. The number of halogens is 1. The van der Waals surface area contributed by atoms with E-state index in [9.17, 15) is 24.3 Å². The van der Waals surface area contributed by atoms with Gasteiger partial charge in [0.15, 0.2) is 6.10 Å². The predicted molar refractivity (Wildman–Crippen MR) is 205 cm³/mol. The van der Waals surface area contributed by atoms with Gasteiger partial charge in [-0.15, -0.1) is 0 Å². The van der Waals surface area contributed by atoms with Crippen molar-refractivity contribution in [3.05, 3.63) is 58.7 Å². The monoisotopic (exact) mass is 830 g/mol. The van der Waals surface area contributed by atoms with Gasteiger partial charge < -0.3 is 34.6 Å². The summed E-state index contributed by atoms with van der Waals surface area (Å²) in [6, 6.07) is 11.8. The van der Waals surface area contributed by atoms with Gasteiger partial charge in [0.25, 0.3) is 5.91 Å². The normalized spacial score (nSPS) is 20.1. The lowest BCUT2D eigenvalue weighted by atomic mass is 10.00. The van der Waals surface area contributed by atoms with Gasteiger partial charge in [-0.3, -0.25) is 19.4 Å². The maximum atomic E-state index is 14.1. The van der Waals surface area contributed by atoms with Crippen LogP contribution in [0.1, 0.15) is 47.9 Å². The van der Waals surface area contributed by atoms with Crippen LogP contribution >= 0.6 is 22.6 Å². The van der Waals surface area contributed by atoms with Gasteiger partial charge in [-0.1, -0.05) is 30.3 Å². The first-order chi connectivity index (χ1) is 25.1. The molecule has 0 radical (unpaired) electrons. The van der Waals surface area contributed by atoms with E-state index in [1.54, 1.807) is 4.90 Å². The van der Waals surface area contributed by atoms with Gasteiger partial charge in [0.05, 0.1) is 6.54 Å². The van der Waals surface area contributed by atoms with Crippen molar-refractivity contribution in [3.8, 4) is 5.75 Å². The second-order valence-corrected chi connectivity index (χ2v) is 15.0. The molecule has 4 aliphatic rings. The van der Waals surface area contributed by atoms with Crippen LogP contribution in [0.4, 0.5) is 15.3 Å². The van der Waals surface area contributed by atoms with Gasteiger partial charge in [-0.25, -0.2) is 9.59 Å². The van der Waals surface area contributed by atoms with Crippen LogP contribution in [0.25, 0.3) is 0 Å². The molecule has 0 spiro atoms. The molecule has 4 amide bonds. The number of anilines is 1. The fraction of sp³-hybridized carbons (Fsp3) is 0.579. The fourth-order valence-electron chi connectivity index (χ4n) is 8.09.